The SMILES string of the molecule is CS(=O)(=O)N(Cc1ccc(F)cc1)c1ccc(C(=O)Nc2ccccc2Oc2ccccc2)cc1. The third-order valence-electron chi connectivity index (χ3n) is 5.16. The molecule has 0 heterocycles. The minimum Gasteiger partial charge on any atom is -0.455 e. The van der Waals surface area contributed by atoms with Gasteiger partial charge >= 0.3 is 0 Å². The fraction of sp³-hybridized carbons (Fsp3) is 0.0741. The minimum atomic E-state index is -3.62. The first-order valence-electron chi connectivity index (χ1n) is 10.7. The van der Waals surface area contributed by atoms with Crippen molar-refractivity contribution in [2.24, 2.45) is 0 Å². The Morgan fingerprint density at radius 2 is 1.49 bits per heavy atom. The van der Waals surface area contributed by atoms with Crippen LogP contribution < -0.4 is 14.4 Å². The predicted octanol–water partition coefficient (Wildman–Crippen LogP) is 5.84. The van der Waals surface area contributed by atoms with Crippen LogP contribution in [-0.4, -0.2) is 20.6 Å². The van der Waals surface area contributed by atoms with Crippen LogP contribution >= 0.6 is 0 Å². The number of benzene rings is 4. The average molecular weight is 491 g/mol. The predicted molar refractivity (Wildman–Crippen MR) is 135 cm³/mol. The lowest BCUT2D eigenvalue weighted by Gasteiger charge is -2.23. The van der Waals surface area contributed by atoms with E-state index < -0.39 is 15.8 Å². The van der Waals surface area contributed by atoms with Crippen LogP contribution in [-0.2, 0) is 16.6 Å². The second-order valence-corrected chi connectivity index (χ2v) is 9.72. The molecular weight excluding hydrogens is 467 g/mol. The van der Waals surface area contributed by atoms with Gasteiger partial charge in [-0.25, -0.2) is 12.8 Å². The molecule has 4 rings (SSSR count). The zero-order chi connectivity index (χ0) is 24.8. The summed E-state index contributed by atoms with van der Waals surface area (Å²) in [4.78, 5) is 12.9. The van der Waals surface area contributed by atoms with Crippen LogP contribution in [0.1, 0.15) is 15.9 Å². The molecule has 35 heavy (non-hydrogen) atoms. The summed E-state index contributed by atoms with van der Waals surface area (Å²) >= 11 is 0. The van der Waals surface area contributed by atoms with Crippen LogP contribution in [0.15, 0.2) is 103 Å². The first-order chi connectivity index (χ1) is 16.8. The molecule has 0 unspecified atom stereocenters. The van der Waals surface area contributed by atoms with Gasteiger partial charge in [0.15, 0.2) is 5.75 Å². The van der Waals surface area contributed by atoms with Gasteiger partial charge in [0.05, 0.1) is 24.2 Å². The normalized spacial score (nSPS) is 11.0. The van der Waals surface area contributed by atoms with E-state index in [0.29, 0.717) is 34.0 Å². The number of nitrogens with zero attached hydrogens (tertiary/aromatic N) is 1. The van der Waals surface area contributed by atoms with Crippen molar-refractivity contribution >= 4 is 27.3 Å². The molecule has 0 aliphatic carbocycles. The average Bonchev–Trinajstić information content (AvgIpc) is 2.85. The van der Waals surface area contributed by atoms with Crippen molar-refractivity contribution in [2.45, 2.75) is 6.54 Å². The number of nitrogens with one attached hydrogen (secondary N) is 1. The van der Waals surface area contributed by atoms with Gasteiger partial charge in [-0.3, -0.25) is 9.10 Å². The van der Waals surface area contributed by atoms with E-state index >= 15 is 0 Å². The Bertz CT molecular complexity index is 1410. The summed E-state index contributed by atoms with van der Waals surface area (Å²) < 4.78 is 45.1. The Morgan fingerprint density at radius 3 is 2.14 bits per heavy atom. The lowest BCUT2D eigenvalue weighted by atomic mass is 10.1. The molecule has 0 saturated heterocycles. The van der Waals surface area contributed by atoms with E-state index in [1.54, 1.807) is 42.5 Å². The number of halogens is 1. The Morgan fingerprint density at radius 1 is 0.857 bits per heavy atom. The van der Waals surface area contributed by atoms with Crippen molar-refractivity contribution in [3.05, 3.63) is 120 Å². The number of ether oxygens (including phenoxy) is 1. The van der Waals surface area contributed by atoms with Gasteiger partial charge in [-0.15, -0.1) is 0 Å². The van der Waals surface area contributed by atoms with Crippen molar-refractivity contribution in [2.75, 3.05) is 15.9 Å². The van der Waals surface area contributed by atoms with Gasteiger partial charge in [0, 0.05) is 5.56 Å². The van der Waals surface area contributed by atoms with E-state index in [0.717, 1.165) is 6.26 Å². The van der Waals surface area contributed by atoms with Crippen molar-refractivity contribution < 1.29 is 22.3 Å². The van der Waals surface area contributed by atoms with Crippen molar-refractivity contribution in [3.8, 4) is 11.5 Å². The molecule has 1 amide bonds. The second kappa shape index (κ2) is 10.4. The number of rotatable bonds is 8. The standard InChI is InChI=1S/C27H23FN2O4S/c1-35(32,33)30(19-20-11-15-22(28)16-12-20)23-17-13-21(14-18-23)27(31)29-25-9-5-6-10-26(25)34-24-7-3-2-4-8-24/h2-18H,19H2,1H3,(H,29,31). The highest BCUT2D eigenvalue weighted by Crippen LogP contribution is 2.30. The van der Waals surface area contributed by atoms with Gasteiger partial charge in [-0.05, 0) is 66.2 Å². The van der Waals surface area contributed by atoms with Gasteiger partial charge in [-0.2, -0.15) is 0 Å². The van der Waals surface area contributed by atoms with Crippen LogP contribution in [0.3, 0.4) is 0 Å². The molecule has 0 bridgehead atoms. The van der Waals surface area contributed by atoms with Crippen LogP contribution in [0.2, 0.25) is 0 Å². The molecular formula is C27H23FN2O4S. The number of carbonyl (C=O) groups excluding carboxylic acids is 1. The van der Waals surface area contributed by atoms with Crippen LogP contribution in [0.5, 0.6) is 11.5 Å². The highest BCUT2D eigenvalue weighted by molar-refractivity contribution is 7.92. The molecule has 4 aromatic carbocycles. The molecule has 0 aliphatic rings. The molecule has 1 N–H and O–H groups in total. The Balaban J connectivity index is 1.51. The maximum absolute atomic E-state index is 13.2. The van der Waals surface area contributed by atoms with E-state index in [1.807, 2.05) is 36.4 Å². The molecule has 0 radical (unpaired) electrons. The third-order valence-corrected chi connectivity index (χ3v) is 6.30. The molecule has 6 nitrogen and oxygen atoms in total. The molecule has 0 atom stereocenters. The van der Waals surface area contributed by atoms with Crippen molar-refractivity contribution in [1.82, 2.24) is 0 Å². The van der Waals surface area contributed by atoms with Gasteiger partial charge in [0.25, 0.3) is 5.91 Å². The van der Waals surface area contributed by atoms with Gasteiger partial charge in [0.1, 0.15) is 11.6 Å². The quantitative estimate of drug-likeness (QED) is 0.337. The van der Waals surface area contributed by atoms with Crippen LogP contribution in [0, 0.1) is 5.82 Å². The molecule has 8 heteroatoms. The van der Waals surface area contributed by atoms with E-state index in [4.69, 9.17) is 4.74 Å². The van der Waals surface area contributed by atoms with Gasteiger partial charge in [0.2, 0.25) is 10.0 Å². The maximum Gasteiger partial charge on any atom is 0.255 e. The largest absolute Gasteiger partial charge is 0.455 e. The van der Waals surface area contributed by atoms with E-state index in [1.165, 1.54) is 28.6 Å². The second-order valence-electron chi connectivity index (χ2n) is 7.81. The molecule has 0 fully saturated rings. The lowest BCUT2D eigenvalue weighted by molar-refractivity contribution is 0.102. The number of hydrogen-bond donors (Lipinski definition) is 1. The molecule has 0 aromatic heterocycles. The van der Waals surface area contributed by atoms with Crippen molar-refractivity contribution in [3.63, 3.8) is 0 Å². The minimum absolute atomic E-state index is 0.0366. The highest BCUT2D eigenvalue weighted by atomic mass is 32.2. The van der Waals surface area contributed by atoms with Gasteiger partial charge in [-0.1, -0.05) is 42.5 Å². The molecule has 0 spiro atoms. The summed E-state index contributed by atoms with van der Waals surface area (Å²) in [6.45, 7) is 0.0366. The number of amides is 1. The van der Waals surface area contributed by atoms with E-state index in [9.17, 15) is 17.6 Å². The summed E-state index contributed by atoms with van der Waals surface area (Å²) in [5.41, 5.74) is 1.87. The summed E-state index contributed by atoms with van der Waals surface area (Å²) in [5.74, 6) is 0.364. The molecule has 0 aliphatic heterocycles. The number of hydrogen-bond acceptors (Lipinski definition) is 4. The Hall–Kier alpha value is -4.17. The number of sulfonamides is 1. The first kappa shape index (κ1) is 24.0. The highest BCUT2D eigenvalue weighted by Gasteiger charge is 2.19. The molecule has 4 aromatic rings. The Kier molecular flexibility index (Phi) is 7.12. The van der Waals surface area contributed by atoms with Crippen LogP contribution in [0.25, 0.3) is 0 Å². The molecule has 178 valence electrons. The van der Waals surface area contributed by atoms with E-state index in [2.05, 4.69) is 5.32 Å². The Labute approximate surface area is 203 Å². The summed E-state index contributed by atoms with van der Waals surface area (Å²) in [5, 5.41) is 2.84. The third kappa shape index (κ3) is 6.24. The number of carbonyl (C=O) groups is 1. The smallest absolute Gasteiger partial charge is 0.255 e. The number of para-hydroxylation sites is 3. The summed E-state index contributed by atoms with van der Waals surface area (Å²) in [6.07, 6.45) is 1.10. The first-order valence-corrected chi connectivity index (χ1v) is 12.6. The monoisotopic (exact) mass is 490 g/mol. The summed E-state index contributed by atoms with van der Waals surface area (Å²) in [6, 6.07) is 28.2. The summed E-state index contributed by atoms with van der Waals surface area (Å²) in [7, 11) is -3.62. The fourth-order valence-electron chi connectivity index (χ4n) is 3.40. The maximum atomic E-state index is 13.2. The van der Waals surface area contributed by atoms with Crippen molar-refractivity contribution in [1.29, 1.82) is 0 Å². The van der Waals surface area contributed by atoms with Crippen LogP contribution in [0.4, 0.5) is 15.8 Å². The molecule has 0 saturated carbocycles. The zero-order valence-corrected chi connectivity index (χ0v) is 19.7. The number of anilines is 2. The lowest BCUT2D eigenvalue weighted by Crippen LogP contribution is -2.29. The van der Waals surface area contributed by atoms with Gasteiger partial charge < -0.3 is 10.1 Å². The zero-order valence-electron chi connectivity index (χ0n) is 18.9. The fourth-order valence-corrected chi connectivity index (χ4v) is 4.29. The van der Waals surface area contributed by atoms with E-state index in [-0.39, 0.29) is 12.5 Å². The topological polar surface area (TPSA) is 75.7 Å².